The van der Waals surface area contributed by atoms with Crippen LogP contribution in [0.1, 0.15) is 12.0 Å². The molecular formula is C12H15ClN2O2S. The first kappa shape index (κ1) is 13.5. The standard InChI is InChI=1S/C12H15ClN2O2S/c13-9-10-2-3-11(12(8-10)15(16)17)14-4-1-6-18-7-5-14/h2-3,8H,1,4-7,9H2. The van der Waals surface area contributed by atoms with Crippen molar-refractivity contribution in [3.63, 3.8) is 0 Å². The summed E-state index contributed by atoms with van der Waals surface area (Å²) in [7, 11) is 0. The van der Waals surface area contributed by atoms with Crippen LogP contribution in [-0.2, 0) is 5.88 Å². The Balaban J connectivity index is 2.32. The first-order valence-electron chi connectivity index (χ1n) is 5.88. The minimum absolute atomic E-state index is 0.167. The second kappa shape index (κ2) is 6.29. The van der Waals surface area contributed by atoms with E-state index < -0.39 is 0 Å². The highest BCUT2D eigenvalue weighted by Crippen LogP contribution is 2.31. The summed E-state index contributed by atoms with van der Waals surface area (Å²) in [5.41, 5.74) is 1.67. The molecule has 1 aliphatic rings. The van der Waals surface area contributed by atoms with Gasteiger partial charge in [-0.1, -0.05) is 6.07 Å². The highest BCUT2D eigenvalue weighted by atomic mass is 35.5. The summed E-state index contributed by atoms with van der Waals surface area (Å²) in [6.45, 7) is 1.75. The van der Waals surface area contributed by atoms with E-state index in [4.69, 9.17) is 11.6 Å². The van der Waals surface area contributed by atoms with E-state index in [9.17, 15) is 10.1 Å². The molecule has 1 saturated heterocycles. The molecule has 0 spiro atoms. The molecule has 0 amide bonds. The average Bonchev–Trinajstić information content (AvgIpc) is 2.66. The fraction of sp³-hybridized carbons (Fsp3) is 0.500. The summed E-state index contributed by atoms with van der Waals surface area (Å²) in [5.74, 6) is 2.45. The number of halogens is 1. The summed E-state index contributed by atoms with van der Waals surface area (Å²) >= 11 is 7.63. The Morgan fingerprint density at radius 3 is 2.94 bits per heavy atom. The fourth-order valence-corrected chi connectivity index (χ4v) is 3.11. The van der Waals surface area contributed by atoms with E-state index in [1.165, 1.54) is 0 Å². The van der Waals surface area contributed by atoms with Gasteiger partial charge in [-0.2, -0.15) is 11.8 Å². The van der Waals surface area contributed by atoms with E-state index >= 15 is 0 Å². The molecule has 18 heavy (non-hydrogen) atoms. The van der Waals surface area contributed by atoms with Crippen LogP contribution in [0.5, 0.6) is 0 Å². The number of benzene rings is 1. The van der Waals surface area contributed by atoms with Crippen molar-refractivity contribution >= 4 is 34.7 Å². The summed E-state index contributed by atoms with van der Waals surface area (Å²) in [6, 6.07) is 5.28. The molecule has 1 heterocycles. The maximum atomic E-state index is 11.1. The Morgan fingerprint density at radius 1 is 1.39 bits per heavy atom. The molecule has 6 heteroatoms. The van der Waals surface area contributed by atoms with Crippen molar-refractivity contribution in [1.29, 1.82) is 0 Å². The minimum atomic E-state index is -0.316. The van der Waals surface area contributed by atoms with Crippen LogP contribution < -0.4 is 4.90 Å². The topological polar surface area (TPSA) is 46.4 Å². The summed E-state index contributed by atoms with van der Waals surface area (Å²) in [4.78, 5) is 12.9. The largest absolute Gasteiger partial charge is 0.365 e. The van der Waals surface area contributed by atoms with Gasteiger partial charge in [0.15, 0.2) is 0 Å². The van der Waals surface area contributed by atoms with E-state index in [2.05, 4.69) is 4.90 Å². The predicted octanol–water partition coefficient (Wildman–Crippen LogP) is 3.28. The van der Waals surface area contributed by atoms with Crippen LogP contribution in [0, 0.1) is 10.1 Å². The molecule has 1 aromatic rings. The SMILES string of the molecule is O=[N+]([O-])c1cc(CCl)ccc1N1CCCSCC1. The summed E-state index contributed by atoms with van der Waals surface area (Å²) < 4.78 is 0. The number of nitrogens with zero attached hydrogens (tertiary/aromatic N) is 2. The van der Waals surface area contributed by atoms with Gasteiger partial charge < -0.3 is 4.90 Å². The molecule has 0 radical (unpaired) electrons. The van der Waals surface area contributed by atoms with Crippen molar-refractivity contribution in [3.05, 3.63) is 33.9 Å². The van der Waals surface area contributed by atoms with Crippen molar-refractivity contribution < 1.29 is 4.92 Å². The molecule has 1 aromatic carbocycles. The molecule has 98 valence electrons. The van der Waals surface area contributed by atoms with Gasteiger partial charge in [0.2, 0.25) is 0 Å². The molecule has 0 aromatic heterocycles. The molecule has 0 N–H and O–H groups in total. The third kappa shape index (κ3) is 3.09. The number of hydrogen-bond acceptors (Lipinski definition) is 4. The minimum Gasteiger partial charge on any atom is -0.365 e. The van der Waals surface area contributed by atoms with Gasteiger partial charge in [-0.25, -0.2) is 0 Å². The van der Waals surface area contributed by atoms with Crippen molar-refractivity contribution in [2.75, 3.05) is 29.5 Å². The average molecular weight is 287 g/mol. The van der Waals surface area contributed by atoms with Gasteiger partial charge in [-0.05, 0) is 23.8 Å². The van der Waals surface area contributed by atoms with Gasteiger partial charge in [-0.15, -0.1) is 11.6 Å². The zero-order valence-corrected chi connectivity index (χ0v) is 11.5. The molecule has 1 aliphatic heterocycles. The van der Waals surface area contributed by atoms with Gasteiger partial charge >= 0.3 is 0 Å². The number of hydrogen-bond donors (Lipinski definition) is 0. The second-order valence-corrected chi connectivity index (χ2v) is 5.66. The van der Waals surface area contributed by atoms with Crippen LogP contribution >= 0.6 is 23.4 Å². The van der Waals surface area contributed by atoms with Crippen LogP contribution in [0.25, 0.3) is 0 Å². The van der Waals surface area contributed by atoms with Gasteiger partial charge in [0, 0.05) is 30.8 Å². The third-order valence-corrected chi connectivity index (χ3v) is 4.31. The number of rotatable bonds is 3. The number of nitro groups is 1. The van der Waals surface area contributed by atoms with Crippen molar-refractivity contribution in [2.24, 2.45) is 0 Å². The predicted molar refractivity (Wildman–Crippen MR) is 76.8 cm³/mol. The van der Waals surface area contributed by atoms with Crippen molar-refractivity contribution in [1.82, 2.24) is 0 Å². The first-order valence-corrected chi connectivity index (χ1v) is 7.57. The number of thioether (sulfide) groups is 1. The van der Waals surface area contributed by atoms with Gasteiger partial charge in [0.1, 0.15) is 5.69 Å². The Labute approximate surface area is 115 Å². The van der Waals surface area contributed by atoms with Crippen LogP contribution in [0.4, 0.5) is 11.4 Å². The van der Waals surface area contributed by atoms with Crippen LogP contribution in [0.15, 0.2) is 18.2 Å². The second-order valence-electron chi connectivity index (χ2n) is 4.17. The van der Waals surface area contributed by atoms with E-state index in [-0.39, 0.29) is 10.6 Å². The summed E-state index contributed by atoms with van der Waals surface area (Å²) in [5, 5.41) is 11.1. The van der Waals surface area contributed by atoms with Crippen molar-refractivity contribution in [3.8, 4) is 0 Å². The lowest BCUT2D eigenvalue weighted by Gasteiger charge is -2.22. The highest BCUT2D eigenvalue weighted by Gasteiger charge is 2.20. The zero-order chi connectivity index (χ0) is 13.0. The molecule has 4 nitrogen and oxygen atoms in total. The normalized spacial score (nSPS) is 16.4. The monoisotopic (exact) mass is 286 g/mol. The van der Waals surface area contributed by atoms with E-state index in [1.807, 2.05) is 23.9 Å². The zero-order valence-electron chi connectivity index (χ0n) is 9.97. The Kier molecular flexibility index (Phi) is 4.72. The molecule has 0 unspecified atom stereocenters. The maximum Gasteiger partial charge on any atom is 0.292 e. The number of nitro benzene ring substituents is 1. The highest BCUT2D eigenvalue weighted by molar-refractivity contribution is 7.99. The smallest absolute Gasteiger partial charge is 0.292 e. The molecule has 2 rings (SSSR count). The van der Waals surface area contributed by atoms with Crippen LogP contribution in [0.2, 0.25) is 0 Å². The van der Waals surface area contributed by atoms with E-state index in [0.717, 1.165) is 42.3 Å². The lowest BCUT2D eigenvalue weighted by molar-refractivity contribution is -0.384. The molecular weight excluding hydrogens is 272 g/mol. The van der Waals surface area contributed by atoms with Gasteiger partial charge in [0.05, 0.1) is 4.92 Å². The first-order chi connectivity index (χ1) is 8.72. The third-order valence-electron chi connectivity index (χ3n) is 2.95. The van der Waals surface area contributed by atoms with Gasteiger partial charge in [-0.3, -0.25) is 10.1 Å². The molecule has 0 aliphatic carbocycles. The van der Waals surface area contributed by atoms with Gasteiger partial charge in [0.25, 0.3) is 5.69 Å². The maximum absolute atomic E-state index is 11.1. The van der Waals surface area contributed by atoms with E-state index in [1.54, 1.807) is 6.07 Å². The number of alkyl halides is 1. The van der Waals surface area contributed by atoms with Crippen LogP contribution in [0.3, 0.4) is 0 Å². The molecule has 0 bridgehead atoms. The molecule has 0 atom stereocenters. The lowest BCUT2D eigenvalue weighted by atomic mass is 10.1. The van der Waals surface area contributed by atoms with Crippen LogP contribution in [-0.4, -0.2) is 29.5 Å². The Morgan fingerprint density at radius 2 is 2.22 bits per heavy atom. The van der Waals surface area contributed by atoms with Crippen molar-refractivity contribution in [2.45, 2.75) is 12.3 Å². The summed E-state index contributed by atoms with van der Waals surface area (Å²) in [6.07, 6.45) is 1.07. The molecule has 1 fully saturated rings. The Bertz CT molecular complexity index is 434. The van der Waals surface area contributed by atoms with E-state index in [0.29, 0.717) is 5.88 Å². The number of anilines is 1. The fourth-order valence-electron chi connectivity index (χ4n) is 2.05. The Hall–Kier alpha value is -0.940. The lowest BCUT2D eigenvalue weighted by Crippen LogP contribution is -2.26. The molecule has 0 saturated carbocycles. The quantitative estimate of drug-likeness (QED) is 0.486.